The Hall–Kier alpha value is -2.32. The summed E-state index contributed by atoms with van der Waals surface area (Å²) in [5, 5.41) is 12.7. The first-order valence-corrected chi connectivity index (χ1v) is 10.1. The number of ether oxygens (including phenoxy) is 2. The van der Waals surface area contributed by atoms with Crippen molar-refractivity contribution in [2.45, 2.75) is 38.8 Å². The summed E-state index contributed by atoms with van der Waals surface area (Å²) in [5.74, 6) is 1.49. The minimum absolute atomic E-state index is 0.0509. The molecule has 0 aliphatic carbocycles. The highest BCUT2D eigenvalue weighted by Crippen LogP contribution is 2.34. The number of aromatic nitrogens is 4. The third-order valence-corrected chi connectivity index (χ3v) is 5.20. The molecule has 0 unspecified atom stereocenters. The van der Waals surface area contributed by atoms with Crippen LogP contribution in [0.4, 0.5) is 5.82 Å². The fraction of sp³-hybridized carbons (Fsp3) is 0.400. The van der Waals surface area contributed by atoms with Gasteiger partial charge in [-0.15, -0.1) is 0 Å². The number of nitrogens with one attached hydrogen (secondary N) is 1. The lowest BCUT2D eigenvalue weighted by atomic mass is 10.1. The van der Waals surface area contributed by atoms with Gasteiger partial charge >= 0.3 is 0 Å². The number of nitrogens with zero attached hydrogens (tertiary/aromatic N) is 4. The van der Waals surface area contributed by atoms with E-state index < -0.39 is 0 Å². The highest BCUT2D eigenvalue weighted by molar-refractivity contribution is 9.10. The van der Waals surface area contributed by atoms with E-state index in [1.54, 1.807) is 6.33 Å². The van der Waals surface area contributed by atoms with Gasteiger partial charge in [0.05, 0.1) is 30.6 Å². The second kappa shape index (κ2) is 8.36. The molecule has 0 spiro atoms. The molecule has 1 atom stereocenters. The van der Waals surface area contributed by atoms with E-state index in [9.17, 15) is 0 Å². The van der Waals surface area contributed by atoms with Gasteiger partial charge in [0.2, 0.25) is 0 Å². The van der Waals surface area contributed by atoms with E-state index >= 15 is 0 Å². The van der Waals surface area contributed by atoms with Gasteiger partial charge in [-0.1, -0.05) is 15.9 Å². The van der Waals surface area contributed by atoms with Crippen LogP contribution >= 0.6 is 15.9 Å². The standard InChI is InChI=1S/C20H22BrN5O2/c1-12-3-4-17(26-25-12)13(2)24-20-16-9-14(21)10-18(19(16)22-11-23-20)28-15-5-7-27-8-6-15/h3-4,9-11,13,15H,5-8H2,1-2H3,(H,22,23,24)/t13-/m1/s1. The van der Waals surface area contributed by atoms with Crippen LogP contribution < -0.4 is 10.1 Å². The molecule has 0 saturated carbocycles. The smallest absolute Gasteiger partial charge is 0.147 e. The Labute approximate surface area is 172 Å². The van der Waals surface area contributed by atoms with Gasteiger partial charge in [0, 0.05) is 22.7 Å². The third-order valence-electron chi connectivity index (χ3n) is 4.75. The average Bonchev–Trinajstić information content (AvgIpc) is 2.70. The molecule has 1 saturated heterocycles. The van der Waals surface area contributed by atoms with E-state index in [1.165, 1.54) is 0 Å². The summed E-state index contributed by atoms with van der Waals surface area (Å²) in [7, 11) is 0. The lowest BCUT2D eigenvalue weighted by Gasteiger charge is -2.24. The average molecular weight is 444 g/mol. The molecule has 4 rings (SSSR count). The summed E-state index contributed by atoms with van der Waals surface area (Å²) < 4.78 is 12.6. The predicted molar refractivity (Wildman–Crippen MR) is 111 cm³/mol. The Morgan fingerprint density at radius 1 is 1.18 bits per heavy atom. The van der Waals surface area contributed by atoms with Crippen LogP contribution in [0.2, 0.25) is 0 Å². The molecule has 1 aliphatic heterocycles. The zero-order chi connectivity index (χ0) is 19.5. The third kappa shape index (κ3) is 4.23. The number of benzene rings is 1. The van der Waals surface area contributed by atoms with E-state index in [2.05, 4.69) is 41.4 Å². The van der Waals surface area contributed by atoms with Crippen molar-refractivity contribution >= 4 is 32.7 Å². The Morgan fingerprint density at radius 2 is 2.00 bits per heavy atom. The molecule has 3 aromatic rings. The number of halogens is 1. The topological polar surface area (TPSA) is 82.1 Å². The number of anilines is 1. The number of aryl methyl sites for hydroxylation is 1. The molecule has 1 N–H and O–H groups in total. The molecule has 0 amide bonds. The Kier molecular flexibility index (Phi) is 5.68. The molecule has 3 heterocycles. The van der Waals surface area contributed by atoms with Crippen molar-refractivity contribution in [3.05, 3.63) is 46.5 Å². The first-order chi connectivity index (χ1) is 13.6. The molecule has 8 heteroatoms. The summed E-state index contributed by atoms with van der Waals surface area (Å²) in [6, 6.07) is 7.84. The molecule has 1 fully saturated rings. The molecule has 1 aromatic carbocycles. The molecular formula is C20H22BrN5O2. The minimum atomic E-state index is -0.0509. The number of fused-ring (bicyclic) bond motifs is 1. The van der Waals surface area contributed by atoms with Gasteiger partial charge in [0.1, 0.15) is 29.5 Å². The Bertz CT molecular complexity index is 961. The number of hydrogen-bond donors (Lipinski definition) is 1. The highest BCUT2D eigenvalue weighted by Gasteiger charge is 2.19. The lowest BCUT2D eigenvalue weighted by molar-refractivity contribution is 0.0261. The summed E-state index contributed by atoms with van der Waals surface area (Å²) in [6.45, 7) is 5.41. The molecule has 0 radical (unpaired) electrons. The van der Waals surface area contributed by atoms with Crippen molar-refractivity contribution in [2.75, 3.05) is 18.5 Å². The van der Waals surface area contributed by atoms with Crippen LogP contribution in [0.1, 0.15) is 37.2 Å². The van der Waals surface area contributed by atoms with Crippen molar-refractivity contribution in [2.24, 2.45) is 0 Å². The van der Waals surface area contributed by atoms with E-state index in [0.717, 1.165) is 64.4 Å². The van der Waals surface area contributed by atoms with Gasteiger partial charge in [0.15, 0.2) is 0 Å². The van der Waals surface area contributed by atoms with E-state index in [-0.39, 0.29) is 12.1 Å². The highest BCUT2D eigenvalue weighted by atomic mass is 79.9. The largest absolute Gasteiger partial charge is 0.488 e. The molecular weight excluding hydrogens is 422 g/mol. The van der Waals surface area contributed by atoms with Crippen LogP contribution in [0.3, 0.4) is 0 Å². The van der Waals surface area contributed by atoms with Crippen LogP contribution in [0.5, 0.6) is 5.75 Å². The number of rotatable bonds is 5. The van der Waals surface area contributed by atoms with Crippen molar-refractivity contribution in [3.63, 3.8) is 0 Å². The Balaban J connectivity index is 1.64. The molecule has 7 nitrogen and oxygen atoms in total. The lowest BCUT2D eigenvalue weighted by Crippen LogP contribution is -2.26. The first-order valence-electron chi connectivity index (χ1n) is 9.35. The second-order valence-corrected chi connectivity index (χ2v) is 7.83. The normalized spacial score (nSPS) is 16.1. The Morgan fingerprint density at radius 3 is 2.75 bits per heavy atom. The summed E-state index contributed by atoms with van der Waals surface area (Å²) in [6.07, 6.45) is 3.46. The monoisotopic (exact) mass is 443 g/mol. The molecule has 1 aliphatic rings. The van der Waals surface area contributed by atoms with Crippen molar-refractivity contribution < 1.29 is 9.47 Å². The fourth-order valence-electron chi connectivity index (χ4n) is 3.20. The van der Waals surface area contributed by atoms with Gasteiger partial charge in [-0.3, -0.25) is 0 Å². The predicted octanol–water partition coefficient (Wildman–Crippen LogP) is 4.22. The maximum atomic E-state index is 6.26. The minimum Gasteiger partial charge on any atom is -0.488 e. The van der Waals surface area contributed by atoms with E-state index in [1.807, 2.05) is 38.1 Å². The SMILES string of the molecule is Cc1ccc([C@@H](C)Nc2ncnc3c(OC4CCOCC4)cc(Br)cc23)nn1. The van der Waals surface area contributed by atoms with Crippen LogP contribution in [0, 0.1) is 6.92 Å². The van der Waals surface area contributed by atoms with Crippen molar-refractivity contribution in [3.8, 4) is 5.75 Å². The summed E-state index contributed by atoms with van der Waals surface area (Å²) in [4.78, 5) is 8.94. The zero-order valence-electron chi connectivity index (χ0n) is 15.9. The van der Waals surface area contributed by atoms with E-state index in [4.69, 9.17) is 9.47 Å². The van der Waals surface area contributed by atoms with Gasteiger partial charge in [-0.2, -0.15) is 10.2 Å². The molecule has 146 valence electrons. The van der Waals surface area contributed by atoms with Crippen LogP contribution in [-0.2, 0) is 4.74 Å². The molecule has 0 bridgehead atoms. The quantitative estimate of drug-likeness (QED) is 0.631. The number of hydrogen-bond acceptors (Lipinski definition) is 7. The first kappa shape index (κ1) is 19.0. The van der Waals surface area contributed by atoms with Crippen LogP contribution in [-0.4, -0.2) is 39.5 Å². The molecule has 2 aromatic heterocycles. The zero-order valence-corrected chi connectivity index (χ0v) is 17.4. The van der Waals surface area contributed by atoms with Crippen LogP contribution in [0.15, 0.2) is 35.1 Å². The van der Waals surface area contributed by atoms with Gasteiger partial charge in [-0.25, -0.2) is 9.97 Å². The van der Waals surface area contributed by atoms with Crippen molar-refractivity contribution in [1.82, 2.24) is 20.2 Å². The second-order valence-electron chi connectivity index (χ2n) is 6.92. The van der Waals surface area contributed by atoms with Gasteiger partial charge in [0.25, 0.3) is 0 Å². The molecule has 28 heavy (non-hydrogen) atoms. The van der Waals surface area contributed by atoms with Gasteiger partial charge < -0.3 is 14.8 Å². The van der Waals surface area contributed by atoms with Crippen molar-refractivity contribution in [1.29, 1.82) is 0 Å². The summed E-state index contributed by atoms with van der Waals surface area (Å²) >= 11 is 3.59. The maximum Gasteiger partial charge on any atom is 0.147 e. The maximum absolute atomic E-state index is 6.26. The van der Waals surface area contributed by atoms with Crippen LogP contribution in [0.25, 0.3) is 10.9 Å². The van der Waals surface area contributed by atoms with Gasteiger partial charge in [-0.05, 0) is 38.1 Å². The fourth-order valence-corrected chi connectivity index (χ4v) is 3.64. The van der Waals surface area contributed by atoms with E-state index in [0.29, 0.717) is 0 Å². The summed E-state index contributed by atoms with van der Waals surface area (Å²) in [5.41, 5.74) is 2.53.